The number of Topliss-reactive ketones (excluding diaryl/α,β-unsaturated/α-hetero) is 1. The molecule has 0 unspecified atom stereocenters. The van der Waals surface area contributed by atoms with E-state index in [0.29, 0.717) is 5.75 Å². The molecule has 19 heavy (non-hydrogen) atoms. The third-order valence-corrected chi connectivity index (χ3v) is 4.90. The maximum absolute atomic E-state index is 12.2. The molecular weight excluding hydrogens is 276 g/mol. The molecule has 0 amide bonds. The molecule has 2 rings (SSSR count). The second kappa shape index (κ2) is 5.84. The first kappa shape index (κ1) is 14.2. The second-order valence-electron chi connectivity index (χ2n) is 4.57. The van der Waals surface area contributed by atoms with E-state index in [0.717, 1.165) is 26.9 Å². The van der Waals surface area contributed by atoms with Gasteiger partial charge in [0.25, 0.3) is 0 Å². The zero-order valence-corrected chi connectivity index (χ0v) is 13.1. The second-order valence-corrected chi connectivity index (χ2v) is 6.55. The number of nitrogens with zero attached hydrogens (tertiary/aromatic N) is 2. The van der Waals surface area contributed by atoms with Crippen LogP contribution in [0, 0.1) is 27.7 Å². The highest BCUT2D eigenvalue weighted by Gasteiger charge is 2.12. The molecule has 0 spiro atoms. The molecule has 3 nitrogen and oxygen atoms in total. The van der Waals surface area contributed by atoms with E-state index >= 15 is 0 Å². The summed E-state index contributed by atoms with van der Waals surface area (Å²) in [7, 11) is 0. The first-order valence-corrected chi connectivity index (χ1v) is 7.77. The number of benzene rings is 1. The van der Waals surface area contributed by atoms with Gasteiger partial charge in [-0.1, -0.05) is 17.8 Å². The average Bonchev–Trinajstić information content (AvgIpc) is 2.77. The first-order chi connectivity index (χ1) is 8.97. The average molecular weight is 292 g/mol. The fourth-order valence-electron chi connectivity index (χ4n) is 1.80. The Morgan fingerprint density at radius 2 is 1.84 bits per heavy atom. The minimum atomic E-state index is 0.151. The highest BCUT2D eigenvalue weighted by atomic mass is 32.2. The monoisotopic (exact) mass is 292 g/mol. The fraction of sp³-hybridized carbons (Fsp3) is 0.357. The van der Waals surface area contributed by atoms with Crippen molar-refractivity contribution in [2.75, 3.05) is 5.75 Å². The number of thioether (sulfide) groups is 1. The number of hydrogen-bond acceptors (Lipinski definition) is 5. The lowest BCUT2D eigenvalue weighted by atomic mass is 9.99. The summed E-state index contributed by atoms with van der Waals surface area (Å²) >= 11 is 2.80. The summed E-state index contributed by atoms with van der Waals surface area (Å²) in [5, 5.41) is 0. The van der Waals surface area contributed by atoms with E-state index in [1.165, 1.54) is 28.9 Å². The molecule has 0 radical (unpaired) electrons. The summed E-state index contributed by atoms with van der Waals surface area (Å²) in [4.78, 5) is 16.5. The van der Waals surface area contributed by atoms with Gasteiger partial charge in [0.1, 0.15) is 5.82 Å². The number of hydrogen-bond donors (Lipinski definition) is 0. The first-order valence-electron chi connectivity index (χ1n) is 6.01. The Morgan fingerprint density at radius 3 is 2.47 bits per heavy atom. The van der Waals surface area contributed by atoms with Gasteiger partial charge < -0.3 is 0 Å². The number of aromatic nitrogens is 2. The Morgan fingerprint density at radius 1 is 1.16 bits per heavy atom. The summed E-state index contributed by atoms with van der Waals surface area (Å²) in [6.45, 7) is 7.94. The predicted octanol–water partition coefficient (Wildman–Crippen LogP) is 3.75. The minimum Gasteiger partial charge on any atom is -0.293 e. The molecule has 0 saturated carbocycles. The van der Waals surface area contributed by atoms with Crippen molar-refractivity contribution in [1.82, 2.24) is 9.36 Å². The van der Waals surface area contributed by atoms with Gasteiger partial charge in [0, 0.05) is 5.56 Å². The molecule has 100 valence electrons. The third-order valence-electron chi connectivity index (χ3n) is 2.98. The molecule has 0 aliphatic carbocycles. The van der Waals surface area contributed by atoms with Crippen molar-refractivity contribution in [3.05, 3.63) is 40.2 Å². The van der Waals surface area contributed by atoms with Crippen LogP contribution in [-0.4, -0.2) is 20.9 Å². The maximum atomic E-state index is 12.2. The molecule has 0 atom stereocenters. The number of ketones is 1. The van der Waals surface area contributed by atoms with Gasteiger partial charge in [-0.15, -0.1) is 0 Å². The lowest BCUT2D eigenvalue weighted by molar-refractivity contribution is 0.102. The van der Waals surface area contributed by atoms with Crippen LogP contribution in [0.2, 0.25) is 0 Å². The molecule has 0 N–H and O–H groups in total. The Balaban J connectivity index is 2.10. The number of carbonyl (C=O) groups is 1. The van der Waals surface area contributed by atoms with E-state index in [1.54, 1.807) is 0 Å². The maximum Gasteiger partial charge on any atom is 0.173 e. The summed E-state index contributed by atoms with van der Waals surface area (Å²) in [5.41, 5.74) is 4.24. The summed E-state index contributed by atoms with van der Waals surface area (Å²) in [6, 6.07) is 4.06. The van der Waals surface area contributed by atoms with Crippen LogP contribution in [0.5, 0.6) is 0 Å². The van der Waals surface area contributed by atoms with Crippen LogP contribution in [0.1, 0.15) is 32.9 Å². The summed E-state index contributed by atoms with van der Waals surface area (Å²) in [5.74, 6) is 1.33. The molecular formula is C14H16N2OS2. The minimum absolute atomic E-state index is 0.151. The molecule has 0 aliphatic heterocycles. The van der Waals surface area contributed by atoms with E-state index in [-0.39, 0.29) is 5.78 Å². The van der Waals surface area contributed by atoms with Crippen LogP contribution < -0.4 is 0 Å². The standard InChI is InChI=1S/C14H16N2OS2/c1-8-5-10(3)12(6-9(8)2)13(17)7-18-14-15-11(4)16-19-14/h5-6H,7H2,1-4H3. The van der Waals surface area contributed by atoms with Crippen LogP contribution in [0.4, 0.5) is 0 Å². The Hall–Kier alpha value is -1.20. The van der Waals surface area contributed by atoms with Crippen LogP contribution in [0.25, 0.3) is 0 Å². The highest BCUT2D eigenvalue weighted by molar-refractivity contribution is 8.01. The summed E-state index contributed by atoms with van der Waals surface area (Å²) in [6.07, 6.45) is 0. The van der Waals surface area contributed by atoms with E-state index in [4.69, 9.17) is 0 Å². The Kier molecular flexibility index (Phi) is 4.37. The zero-order chi connectivity index (χ0) is 14.0. The molecule has 2 aromatic rings. The van der Waals surface area contributed by atoms with Crippen molar-refractivity contribution in [2.24, 2.45) is 0 Å². The number of aryl methyl sites for hydroxylation is 4. The quantitative estimate of drug-likeness (QED) is 0.636. The molecule has 0 aliphatic rings. The lowest BCUT2D eigenvalue weighted by Gasteiger charge is -2.08. The molecule has 0 bridgehead atoms. The van der Waals surface area contributed by atoms with Crippen LogP contribution in [0.15, 0.2) is 16.5 Å². The van der Waals surface area contributed by atoms with Gasteiger partial charge in [-0.2, -0.15) is 4.37 Å². The Bertz CT molecular complexity index is 620. The van der Waals surface area contributed by atoms with Gasteiger partial charge in [0.2, 0.25) is 0 Å². The third kappa shape index (κ3) is 3.42. The SMILES string of the molecule is Cc1nsc(SCC(=O)c2cc(C)c(C)cc2C)n1. The molecule has 1 aromatic carbocycles. The normalized spacial score (nSPS) is 10.7. The van der Waals surface area contributed by atoms with Crippen molar-refractivity contribution in [3.63, 3.8) is 0 Å². The van der Waals surface area contributed by atoms with Crippen molar-refractivity contribution in [3.8, 4) is 0 Å². The highest BCUT2D eigenvalue weighted by Crippen LogP contribution is 2.23. The van der Waals surface area contributed by atoms with E-state index in [9.17, 15) is 4.79 Å². The van der Waals surface area contributed by atoms with E-state index in [2.05, 4.69) is 22.3 Å². The summed E-state index contributed by atoms with van der Waals surface area (Å²) < 4.78 is 4.96. The predicted molar refractivity (Wildman–Crippen MR) is 80.4 cm³/mol. The fourth-order valence-corrected chi connectivity index (χ4v) is 3.33. The molecule has 0 saturated heterocycles. The van der Waals surface area contributed by atoms with Gasteiger partial charge >= 0.3 is 0 Å². The van der Waals surface area contributed by atoms with E-state index < -0.39 is 0 Å². The lowest BCUT2D eigenvalue weighted by Crippen LogP contribution is -2.06. The van der Waals surface area contributed by atoms with Crippen molar-refractivity contribution in [2.45, 2.75) is 32.0 Å². The number of rotatable bonds is 4. The van der Waals surface area contributed by atoms with Crippen LogP contribution in [-0.2, 0) is 0 Å². The molecule has 0 fully saturated rings. The molecule has 5 heteroatoms. The van der Waals surface area contributed by atoms with Gasteiger partial charge in [-0.3, -0.25) is 4.79 Å². The Labute approximate surface area is 121 Å². The van der Waals surface area contributed by atoms with Crippen molar-refractivity contribution >= 4 is 29.1 Å². The van der Waals surface area contributed by atoms with Crippen LogP contribution in [0.3, 0.4) is 0 Å². The van der Waals surface area contributed by atoms with Crippen molar-refractivity contribution < 1.29 is 4.79 Å². The van der Waals surface area contributed by atoms with Gasteiger partial charge in [0.05, 0.1) is 5.75 Å². The molecule has 1 heterocycles. The smallest absolute Gasteiger partial charge is 0.173 e. The van der Waals surface area contributed by atoms with Crippen molar-refractivity contribution in [1.29, 1.82) is 0 Å². The number of carbonyl (C=O) groups excluding carboxylic acids is 1. The largest absolute Gasteiger partial charge is 0.293 e. The molecule has 1 aromatic heterocycles. The van der Waals surface area contributed by atoms with Gasteiger partial charge in [-0.05, 0) is 62.0 Å². The van der Waals surface area contributed by atoms with Gasteiger partial charge in [0.15, 0.2) is 10.1 Å². The van der Waals surface area contributed by atoms with Crippen LogP contribution >= 0.6 is 23.3 Å². The topological polar surface area (TPSA) is 42.9 Å². The van der Waals surface area contributed by atoms with E-state index in [1.807, 2.05) is 26.8 Å². The van der Waals surface area contributed by atoms with Gasteiger partial charge in [-0.25, -0.2) is 4.98 Å². The zero-order valence-electron chi connectivity index (χ0n) is 11.5.